The van der Waals surface area contributed by atoms with Gasteiger partial charge in [0.05, 0.1) is 28.7 Å². The predicted molar refractivity (Wildman–Crippen MR) is 124 cm³/mol. The van der Waals surface area contributed by atoms with Crippen molar-refractivity contribution in [3.63, 3.8) is 0 Å². The summed E-state index contributed by atoms with van der Waals surface area (Å²) in [5.41, 5.74) is 1.64. The highest BCUT2D eigenvalue weighted by Gasteiger charge is 2.53. The van der Waals surface area contributed by atoms with Crippen LogP contribution >= 0.6 is 11.6 Å². The molecule has 1 saturated heterocycles. The van der Waals surface area contributed by atoms with Crippen molar-refractivity contribution in [3.8, 4) is 0 Å². The van der Waals surface area contributed by atoms with E-state index in [0.717, 1.165) is 33.5 Å². The molecule has 1 N–H and O–H groups in total. The molecule has 0 bridgehead atoms. The zero-order valence-electron chi connectivity index (χ0n) is 18.6. The Bertz CT molecular complexity index is 1420. The minimum Gasteiger partial charge on any atom is -0.494 e. The summed E-state index contributed by atoms with van der Waals surface area (Å²) < 4.78 is 10.6. The highest BCUT2D eigenvalue weighted by molar-refractivity contribution is 6.61. The van der Waals surface area contributed by atoms with E-state index in [1.165, 1.54) is 5.56 Å². The molecular weight excluding hydrogens is 444 g/mol. The average molecular weight is 467 g/mol. The van der Waals surface area contributed by atoms with Gasteiger partial charge in [0.1, 0.15) is 6.61 Å². The zero-order valence-corrected chi connectivity index (χ0v) is 19.3. The second-order valence-electron chi connectivity index (χ2n) is 8.26. The summed E-state index contributed by atoms with van der Waals surface area (Å²) in [6, 6.07) is 6.15. The van der Waals surface area contributed by atoms with Gasteiger partial charge in [-0.15, -0.1) is 0 Å². The number of benzene rings is 1. The van der Waals surface area contributed by atoms with Gasteiger partial charge >= 0.3 is 11.4 Å². The topological polar surface area (TPSA) is 89.0 Å². The van der Waals surface area contributed by atoms with Crippen molar-refractivity contribution < 1.29 is 24.2 Å². The van der Waals surface area contributed by atoms with E-state index in [1.807, 2.05) is 19.1 Å². The molecule has 1 aromatic heterocycles. The van der Waals surface area contributed by atoms with Crippen molar-refractivity contribution >= 4 is 45.7 Å². The molecule has 3 aliphatic heterocycles. The molecule has 33 heavy (non-hydrogen) atoms. The number of rotatable bonds is 3. The van der Waals surface area contributed by atoms with E-state index in [4.69, 9.17) is 26.1 Å². The lowest BCUT2D eigenvalue weighted by Gasteiger charge is -2.40. The second kappa shape index (κ2) is 7.63. The first-order valence-electron chi connectivity index (χ1n) is 10.9. The Balaban J connectivity index is 1.82. The SMILES string of the molecule is CC=c1ccc2nc3c(c(CC)c2c1)CN1C(O)=C2COC(=O)C(CC)(OC(=O)Cl)C2=CC=31. The van der Waals surface area contributed by atoms with Crippen molar-refractivity contribution in [3.05, 3.63) is 63.0 Å². The summed E-state index contributed by atoms with van der Waals surface area (Å²) >= 11 is 5.53. The number of aliphatic hydroxyl groups excluding tert-OH is 1. The molecule has 3 aliphatic rings. The van der Waals surface area contributed by atoms with Crippen LogP contribution in [0.1, 0.15) is 38.3 Å². The number of esters is 1. The van der Waals surface area contributed by atoms with Crippen LogP contribution < -0.4 is 10.6 Å². The normalized spacial score (nSPS) is 22.1. The van der Waals surface area contributed by atoms with Gasteiger partial charge in [-0.2, -0.15) is 0 Å². The lowest BCUT2D eigenvalue weighted by Crippen LogP contribution is -2.51. The zero-order chi connectivity index (χ0) is 23.5. The van der Waals surface area contributed by atoms with Gasteiger partial charge in [-0.25, -0.2) is 14.6 Å². The number of pyridine rings is 1. The third-order valence-corrected chi connectivity index (χ3v) is 6.84. The maximum Gasteiger partial charge on any atom is 0.405 e. The van der Waals surface area contributed by atoms with Crippen LogP contribution in [0.25, 0.3) is 22.7 Å². The molecule has 5 rings (SSSR count). The molecule has 0 saturated carbocycles. The molecule has 0 radical (unpaired) electrons. The number of carbonyl (C=O) groups is 2. The number of halogens is 1. The monoisotopic (exact) mass is 466 g/mol. The molecule has 1 unspecified atom stereocenters. The van der Waals surface area contributed by atoms with Crippen molar-refractivity contribution in [2.75, 3.05) is 6.61 Å². The molecule has 8 heteroatoms. The van der Waals surface area contributed by atoms with Crippen LogP contribution in [0.3, 0.4) is 0 Å². The number of ether oxygens (including phenoxy) is 2. The Morgan fingerprint density at radius 2 is 2.18 bits per heavy atom. The van der Waals surface area contributed by atoms with Gasteiger partial charge in [0.2, 0.25) is 5.60 Å². The van der Waals surface area contributed by atoms with Crippen LogP contribution in [0.4, 0.5) is 4.79 Å². The van der Waals surface area contributed by atoms with E-state index < -0.39 is 17.0 Å². The van der Waals surface area contributed by atoms with E-state index in [0.29, 0.717) is 23.4 Å². The maximum absolute atomic E-state index is 12.8. The van der Waals surface area contributed by atoms with E-state index >= 15 is 0 Å². The van der Waals surface area contributed by atoms with Crippen molar-refractivity contribution in [1.82, 2.24) is 9.88 Å². The quantitative estimate of drug-likeness (QED) is 0.548. The fourth-order valence-corrected chi connectivity index (χ4v) is 5.20. The highest BCUT2D eigenvalue weighted by Crippen LogP contribution is 2.44. The molecule has 1 atom stereocenters. The van der Waals surface area contributed by atoms with Crippen LogP contribution in [0.2, 0.25) is 0 Å². The Morgan fingerprint density at radius 1 is 1.39 bits per heavy atom. The summed E-state index contributed by atoms with van der Waals surface area (Å²) in [5.74, 6) is -0.747. The fourth-order valence-electron chi connectivity index (χ4n) is 5.07. The lowest BCUT2D eigenvalue weighted by molar-refractivity contribution is -0.163. The summed E-state index contributed by atoms with van der Waals surface area (Å²) in [6.07, 6.45) is 4.73. The smallest absolute Gasteiger partial charge is 0.405 e. The molecule has 1 aromatic carbocycles. The molecule has 0 amide bonds. The first-order valence-corrected chi connectivity index (χ1v) is 11.3. The van der Waals surface area contributed by atoms with Gasteiger partial charge in [0.25, 0.3) is 0 Å². The van der Waals surface area contributed by atoms with E-state index in [2.05, 4.69) is 19.1 Å². The maximum atomic E-state index is 12.8. The summed E-state index contributed by atoms with van der Waals surface area (Å²) in [7, 11) is 0. The Kier molecular flexibility index (Phi) is 4.97. The third-order valence-electron chi connectivity index (χ3n) is 6.76. The van der Waals surface area contributed by atoms with Gasteiger partial charge in [-0.05, 0) is 48.8 Å². The molecule has 170 valence electrons. The summed E-state index contributed by atoms with van der Waals surface area (Å²) in [5, 5.41) is 14.2. The molecule has 0 aliphatic carbocycles. The molecule has 7 nitrogen and oxygen atoms in total. The second-order valence-corrected chi connectivity index (χ2v) is 8.57. The van der Waals surface area contributed by atoms with E-state index in [-0.39, 0.29) is 18.9 Å². The first-order chi connectivity index (χ1) is 15.8. The molecule has 2 aromatic rings. The van der Waals surface area contributed by atoms with Gasteiger partial charge in [-0.1, -0.05) is 26.0 Å². The summed E-state index contributed by atoms with van der Waals surface area (Å²) in [6.45, 7) is 6.12. The minimum atomic E-state index is -1.72. The predicted octanol–water partition coefficient (Wildman–Crippen LogP) is 3.31. The Morgan fingerprint density at radius 3 is 2.85 bits per heavy atom. The van der Waals surface area contributed by atoms with Crippen LogP contribution in [0, 0.1) is 0 Å². The van der Waals surface area contributed by atoms with Crippen LogP contribution in [0.15, 0.2) is 41.3 Å². The van der Waals surface area contributed by atoms with Crippen molar-refractivity contribution in [2.24, 2.45) is 0 Å². The molecule has 1 fully saturated rings. The van der Waals surface area contributed by atoms with Crippen LogP contribution in [-0.2, 0) is 27.2 Å². The number of aryl methyl sites for hydroxylation is 1. The van der Waals surface area contributed by atoms with Crippen LogP contribution in [0.5, 0.6) is 0 Å². The number of hydrogen-bond acceptors (Lipinski definition) is 7. The molecular formula is C25H23ClN2O5. The number of aromatic nitrogens is 1. The largest absolute Gasteiger partial charge is 0.494 e. The number of nitrogens with zero attached hydrogens (tertiary/aromatic N) is 2. The van der Waals surface area contributed by atoms with Gasteiger partial charge < -0.3 is 19.5 Å². The standard InChI is InChI=1S/C25H23ClN2O5/c1-4-13-7-8-19-15(9-13)14(5-2)16-11-28-20(21(16)27-19)10-18-17(22(28)29)12-32-23(30)25(18,6-3)33-24(26)31/h4,7-10,29H,5-6,11-12H2,1-3H3. The minimum absolute atomic E-state index is 0.0369. The van der Waals surface area contributed by atoms with Gasteiger partial charge in [-0.3, -0.25) is 0 Å². The number of hydrogen-bond donors (Lipinski definition) is 1. The fraction of sp³-hybridized carbons (Fsp3) is 0.320. The van der Waals surface area contributed by atoms with Crippen molar-refractivity contribution in [1.29, 1.82) is 0 Å². The van der Waals surface area contributed by atoms with E-state index in [1.54, 1.807) is 17.9 Å². The van der Waals surface area contributed by atoms with E-state index in [9.17, 15) is 14.7 Å². The summed E-state index contributed by atoms with van der Waals surface area (Å²) in [4.78, 5) is 31.2. The van der Waals surface area contributed by atoms with Gasteiger partial charge in [0.15, 0.2) is 5.88 Å². The van der Waals surface area contributed by atoms with Crippen LogP contribution in [-0.4, -0.2) is 38.6 Å². The average Bonchev–Trinajstić information content (AvgIpc) is 3.17. The Hall–Kier alpha value is -3.32. The van der Waals surface area contributed by atoms with Crippen molar-refractivity contribution in [2.45, 2.75) is 45.8 Å². The Labute approximate surface area is 195 Å². The molecule has 4 heterocycles. The number of fused-ring (bicyclic) bond motifs is 4. The number of cyclic esters (lactones) is 1. The molecule has 0 spiro atoms. The number of aliphatic hydroxyl groups is 1. The van der Waals surface area contributed by atoms with Gasteiger partial charge in [0, 0.05) is 28.1 Å². The third kappa shape index (κ3) is 2.99. The first kappa shape index (κ1) is 21.5. The lowest BCUT2D eigenvalue weighted by atomic mass is 9.81. The highest BCUT2D eigenvalue weighted by atomic mass is 35.5. The number of carbonyl (C=O) groups excluding carboxylic acids is 2.